The van der Waals surface area contributed by atoms with Gasteiger partial charge in [-0.05, 0) is 7.05 Å². The number of pyridine rings is 1. The van der Waals surface area contributed by atoms with Crippen molar-refractivity contribution < 1.29 is 23.4 Å². The minimum Gasteiger partial charge on any atom is -0.508 e. The summed E-state index contributed by atoms with van der Waals surface area (Å²) >= 11 is 0. The largest absolute Gasteiger partial charge is 0.508 e. The topological polar surface area (TPSA) is 126 Å². The van der Waals surface area contributed by atoms with E-state index in [-0.39, 0.29) is 6.54 Å². The van der Waals surface area contributed by atoms with Crippen LogP contribution in [0.15, 0.2) is 16.9 Å². The molecule has 1 aromatic heterocycles. The molecule has 0 saturated heterocycles. The van der Waals surface area contributed by atoms with Crippen LogP contribution in [0.5, 0.6) is 5.75 Å². The number of hydrogen-bond donors (Lipinski definition) is 3. The van der Waals surface area contributed by atoms with Crippen LogP contribution in [0.1, 0.15) is 10.5 Å². The highest BCUT2D eigenvalue weighted by Gasteiger charge is 2.15. The van der Waals surface area contributed by atoms with Crippen LogP contribution in [0.3, 0.4) is 0 Å². The zero-order chi connectivity index (χ0) is 13.9. The summed E-state index contributed by atoms with van der Waals surface area (Å²) < 4.78 is 25.2. The Kier molecular flexibility index (Phi) is 4.09. The molecule has 1 rings (SSSR count). The van der Waals surface area contributed by atoms with Gasteiger partial charge < -0.3 is 14.8 Å². The van der Waals surface area contributed by atoms with Crippen molar-refractivity contribution in [1.82, 2.24) is 9.29 Å². The van der Waals surface area contributed by atoms with E-state index < -0.39 is 38.7 Å². The highest BCUT2D eigenvalue weighted by atomic mass is 32.2. The molecule has 0 spiro atoms. The van der Waals surface area contributed by atoms with Crippen molar-refractivity contribution in [3.05, 3.63) is 28.2 Å². The van der Waals surface area contributed by atoms with Gasteiger partial charge in [0.1, 0.15) is 11.4 Å². The lowest BCUT2D eigenvalue weighted by atomic mass is 10.3. The average molecular weight is 276 g/mol. The Bertz CT molecular complexity index is 618. The number of aromatic hydroxyl groups is 1. The Labute approximate surface area is 103 Å². The molecule has 0 fully saturated rings. The monoisotopic (exact) mass is 276 g/mol. The maximum absolute atomic E-state index is 11.5. The number of sulfonamides is 1. The third-order valence-electron chi connectivity index (χ3n) is 2.23. The second-order valence-electron chi connectivity index (χ2n) is 3.42. The summed E-state index contributed by atoms with van der Waals surface area (Å²) in [5.41, 5.74) is -1.25. The first kappa shape index (κ1) is 14.2. The van der Waals surface area contributed by atoms with Crippen molar-refractivity contribution in [2.45, 2.75) is 6.54 Å². The normalized spacial score (nSPS) is 11.4. The molecule has 0 atom stereocenters. The van der Waals surface area contributed by atoms with Crippen molar-refractivity contribution in [2.24, 2.45) is 0 Å². The summed E-state index contributed by atoms with van der Waals surface area (Å²) in [5.74, 6) is -2.34. The molecule has 8 nitrogen and oxygen atoms in total. The number of rotatable bonds is 5. The molecular formula is C9H12N2O6S. The quantitative estimate of drug-likeness (QED) is 0.620. The molecule has 0 saturated carbocycles. The lowest BCUT2D eigenvalue weighted by Crippen LogP contribution is -2.31. The molecule has 9 heteroatoms. The second-order valence-corrected chi connectivity index (χ2v) is 5.46. The Morgan fingerprint density at radius 2 is 2.06 bits per heavy atom. The van der Waals surface area contributed by atoms with Crippen LogP contribution in [0, 0.1) is 0 Å². The molecular weight excluding hydrogens is 264 g/mol. The van der Waals surface area contributed by atoms with E-state index in [2.05, 4.69) is 4.72 Å². The fourth-order valence-corrected chi connectivity index (χ4v) is 1.93. The van der Waals surface area contributed by atoms with Crippen molar-refractivity contribution in [2.75, 3.05) is 12.8 Å². The summed E-state index contributed by atoms with van der Waals surface area (Å²) in [6, 6.07) is 1.70. The Balaban J connectivity index is 3.17. The van der Waals surface area contributed by atoms with Gasteiger partial charge in [-0.2, -0.15) is 0 Å². The molecule has 3 N–H and O–H groups in total. The van der Waals surface area contributed by atoms with Crippen molar-refractivity contribution in [3.8, 4) is 5.75 Å². The van der Waals surface area contributed by atoms with Crippen LogP contribution < -0.4 is 10.3 Å². The van der Waals surface area contributed by atoms with Crippen molar-refractivity contribution in [3.63, 3.8) is 0 Å². The predicted molar refractivity (Wildman–Crippen MR) is 62.2 cm³/mol. The molecule has 0 unspecified atom stereocenters. The Morgan fingerprint density at radius 1 is 1.44 bits per heavy atom. The van der Waals surface area contributed by atoms with Gasteiger partial charge in [-0.3, -0.25) is 4.79 Å². The summed E-state index contributed by atoms with van der Waals surface area (Å²) in [5, 5.41) is 18.0. The van der Waals surface area contributed by atoms with Gasteiger partial charge in [-0.15, -0.1) is 0 Å². The van der Waals surface area contributed by atoms with Gasteiger partial charge in [0.25, 0.3) is 5.56 Å². The Hall–Kier alpha value is -1.87. The third kappa shape index (κ3) is 3.31. The first-order valence-electron chi connectivity index (χ1n) is 4.85. The average Bonchev–Trinajstić information content (AvgIpc) is 2.26. The first-order chi connectivity index (χ1) is 8.26. The molecule has 100 valence electrons. The minimum absolute atomic E-state index is 0.316. The fourth-order valence-electron chi connectivity index (χ4n) is 1.30. The first-order valence-corrected chi connectivity index (χ1v) is 6.50. The van der Waals surface area contributed by atoms with E-state index in [1.165, 1.54) is 7.05 Å². The summed E-state index contributed by atoms with van der Waals surface area (Å²) in [6.07, 6.45) is 0. The molecule has 18 heavy (non-hydrogen) atoms. The molecule has 0 aliphatic rings. The number of aromatic carboxylic acids is 1. The smallest absolute Gasteiger partial charge is 0.352 e. The van der Waals surface area contributed by atoms with Crippen LogP contribution in [0.2, 0.25) is 0 Å². The Morgan fingerprint density at radius 3 is 2.56 bits per heavy atom. The van der Waals surface area contributed by atoms with E-state index in [1.807, 2.05) is 0 Å². The van der Waals surface area contributed by atoms with Crippen molar-refractivity contribution in [1.29, 1.82) is 0 Å². The lowest BCUT2D eigenvalue weighted by molar-refractivity contribution is 0.0683. The van der Waals surface area contributed by atoms with Crippen molar-refractivity contribution >= 4 is 16.0 Å². The molecule has 0 bridgehead atoms. The van der Waals surface area contributed by atoms with Gasteiger partial charge in [-0.1, -0.05) is 0 Å². The SMILES string of the molecule is CNS(=O)(=O)CCn1c(C(=O)O)cc(O)cc1=O. The molecule has 0 aliphatic heterocycles. The fraction of sp³-hybridized carbons (Fsp3) is 0.333. The summed E-state index contributed by atoms with van der Waals surface area (Å²) in [6.45, 7) is -0.316. The van der Waals surface area contributed by atoms with Gasteiger partial charge >= 0.3 is 5.97 Å². The van der Waals surface area contributed by atoms with Crippen LogP contribution in [-0.4, -0.2) is 42.0 Å². The van der Waals surface area contributed by atoms with E-state index in [0.717, 1.165) is 16.7 Å². The van der Waals surface area contributed by atoms with Crippen LogP contribution in [-0.2, 0) is 16.6 Å². The van der Waals surface area contributed by atoms with Gasteiger partial charge in [0.2, 0.25) is 10.0 Å². The molecule has 0 aromatic carbocycles. The van der Waals surface area contributed by atoms with Crippen LogP contribution in [0.4, 0.5) is 0 Å². The summed E-state index contributed by atoms with van der Waals surface area (Å²) in [4.78, 5) is 22.4. The number of nitrogens with zero attached hydrogens (tertiary/aromatic N) is 1. The van der Waals surface area contributed by atoms with Gasteiger partial charge in [0.05, 0.1) is 5.75 Å². The molecule has 0 aliphatic carbocycles. The second kappa shape index (κ2) is 5.19. The van der Waals surface area contributed by atoms with E-state index in [9.17, 15) is 18.0 Å². The van der Waals surface area contributed by atoms with E-state index in [4.69, 9.17) is 10.2 Å². The number of carboxylic acids is 1. The van der Waals surface area contributed by atoms with E-state index in [1.54, 1.807) is 0 Å². The number of carboxylic acid groups (broad SMARTS) is 1. The maximum atomic E-state index is 11.5. The molecule has 1 heterocycles. The molecule has 0 amide bonds. The number of aromatic nitrogens is 1. The maximum Gasteiger partial charge on any atom is 0.352 e. The standard InChI is InChI=1S/C9H12N2O6S/c1-10-18(16,17)3-2-11-7(9(14)15)4-6(12)5-8(11)13/h4-5,10,12H,2-3H2,1H3,(H,14,15). The molecule has 1 aromatic rings. The van der Waals surface area contributed by atoms with Crippen LogP contribution in [0.25, 0.3) is 0 Å². The number of nitrogens with one attached hydrogen (secondary N) is 1. The highest BCUT2D eigenvalue weighted by molar-refractivity contribution is 7.89. The van der Waals surface area contributed by atoms with E-state index >= 15 is 0 Å². The van der Waals surface area contributed by atoms with Crippen LogP contribution >= 0.6 is 0 Å². The van der Waals surface area contributed by atoms with Gasteiger partial charge in [-0.25, -0.2) is 17.9 Å². The molecule has 0 radical (unpaired) electrons. The number of hydrogen-bond acceptors (Lipinski definition) is 5. The highest BCUT2D eigenvalue weighted by Crippen LogP contribution is 2.08. The number of carbonyl (C=O) groups is 1. The summed E-state index contributed by atoms with van der Waals surface area (Å²) in [7, 11) is -2.34. The zero-order valence-corrected chi connectivity index (χ0v) is 10.3. The zero-order valence-electron chi connectivity index (χ0n) is 9.45. The van der Waals surface area contributed by atoms with E-state index in [0.29, 0.717) is 0 Å². The van der Waals surface area contributed by atoms with Gasteiger partial charge in [0, 0.05) is 18.7 Å². The minimum atomic E-state index is -3.55. The third-order valence-corrected chi connectivity index (χ3v) is 3.57. The van der Waals surface area contributed by atoms with Gasteiger partial charge in [0.15, 0.2) is 0 Å². The predicted octanol–water partition coefficient (Wildman–Crippen LogP) is -1.20. The lowest BCUT2D eigenvalue weighted by Gasteiger charge is -2.10.